The molecule has 0 unspecified atom stereocenters. The second kappa shape index (κ2) is 9.58. The number of benzene rings is 1. The summed E-state index contributed by atoms with van der Waals surface area (Å²) in [6.07, 6.45) is 10.3. The highest BCUT2D eigenvalue weighted by Crippen LogP contribution is 2.22. The quantitative estimate of drug-likeness (QED) is 0.721. The molecule has 7 nitrogen and oxygen atoms in total. The summed E-state index contributed by atoms with van der Waals surface area (Å²) >= 11 is 0. The van der Waals surface area contributed by atoms with E-state index in [0.29, 0.717) is 5.95 Å². The molecule has 0 radical (unpaired) electrons. The predicted octanol–water partition coefficient (Wildman–Crippen LogP) is 3.51. The lowest BCUT2D eigenvalue weighted by atomic mass is 9.97. The van der Waals surface area contributed by atoms with E-state index >= 15 is 0 Å². The van der Waals surface area contributed by atoms with Crippen LogP contribution in [-0.4, -0.2) is 55.0 Å². The topological polar surface area (TPSA) is 66.4 Å². The van der Waals surface area contributed by atoms with E-state index < -0.39 is 0 Å². The van der Waals surface area contributed by atoms with Crippen LogP contribution in [0.1, 0.15) is 32.1 Å². The van der Waals surface area contributed by atoms with Crippen molar-refractivity contribution in [2.45, 2.75) is 32.1 Å². The standard InChI is InChI=1S/C22H30N6O/c1-29-20-9-7-19(8-10-20)27-13-15-28(16-14-27)21-17-24-26-22(25-21)23-12-11-18-5-3-2-4-6-18/h5,7-10,17H,2-4,6,11-16H2,1H3,(H,23,25,26). The summed E-state index contributed by atoms with van der Waals surface area (Å²) in [6, 6.07) is 8.25. The summed E-state index contributed by atoms with van der Waals surface area (Å²) < 4.78 is 5.25. The van der Waals surface area contributed by atoms with E-state index in [1.807, 2.05) is 12.1 Å². The Balaban J connectivity index is 1.29. The van der Waals surface area contributed by atoms with Gasteiger partial charge in [-0.15, -0.1) is 5.10 Å². The summed E-state index contributed by atoms with van der Waals surface area (Å²) in [5, 5.41) is 11.7. The number of hydrogen-bond donors (Lipinski definition) is 1. The number of hydrogen-bond acceptors (Lipinski definition) is 7. The first-order valence-corrected chi connectivity index (χ1v) is 10.6. The average Bonchev–Trinajstić information content (AvgIpc) is 2.80. The van der Waals surface area contributed by atoms with Crippen LogP contribution in [-0.2, 0) is 0 Å². The number of allylic oxidation sites excluding steroid dienone is 1. The van der Waals surface area contributed by atoms with E-state index in [1.54, 1.807) is 18.9 Å². The predicted molar refractivity (Wildman–Crippen MR) is 117 cm³/mol. The van der Waals surface area contributed by atoms with Crippen LogP contribution in [0.2, 0.25) is 0 Å². The third kappa shape index (κ3) is 5.16. The van der Waals surface area contributed by atoms with Gasteiger partial charge in [0.25, 0.3) is 0 Å². The zero-order valence-electron chi connectivity index (χ0n) is 17.2. The number of methoxy groups -OCH3 is 1. The average molecular weight is 395 g/mol. The van der Waals surface area contributed by atoms with Crippen molar-refractivity contribution < 1.29 is 4.74 Å². The van der Waals surface area contributed by atoms with E-state index in [2.05, 4.69) is 48.5 Å². The van der Waals surface area contributed by atoms with Crippen molar-refractivity contribution in [1.82, 2.24) is 15.2 Å². The molecule has 2 aliphatic rings. The number of piperazine rings is 1. The van der Waals surface area contributed by atoms with Crippen molar-refractivity contribution in [1.29, 1.82) is 0 Å². The van der Waals surface area contributed by atoms with Crippen molar-refractivity contribution in [2.75, 3.05) is 55.0 Å². The van der Waals surface area contributed by atoms with Crippen LogP contribution in [0.4, 0.5) is 17.5 Å². The molecule has 1 aliphatic heterocycles. The molecule has 154 valence electrons. The molecule has 0 atom stereocenters. The Bertz CT molecular complexity index is 814. The number of anilines is 3. The maximum atomic E-state index is 5.25. The Labute approximate surface area is 172 Å². The van der Waals surface area contributed by atoms with Crippen LogP contribution in [0.3, 0.4) is 0 Å². The van der Waals surface area contributed by atoms with E-state index in [-0.39, 0.29) is 0 Å². The van der Waals surface area contributed by atoms with Crippen LogP contribution in [0.15, 0.2) is 42.1 Å². The molecule has 1 aliphatic carbocycles. The Morgan fingerprint density at radius 1 is 1.03 bits per heavy atom. The Morgan fingerprint density at radius 3 is 2.55 bits per heavy atom. The third-order valence-electron chi connectivity index (χ3n) is 5.70. The summed E-state index contributed by atoms with van der Waals surface area (Å²) in [6.45, 7) is 4.59. The van der Waals surface area contributed by atoms with Gasteiger partial charge >= 0.3 is 0 Å². The number of rotatable bonds is 7. The molecule has 0 saturated carbocycles. The highest BCUT2D eigenvalue weighted by atomic mass is 16.5. The third-order valence-corrected chi connectivity index (χ3v) is 5.70. The van der Waals surface area contributed by atoms with Crippen molar-refractivity contribution in [3.8, 4) is 5.75 Å². The maximum Gasteiger partial charge on any atom is 0.244 e. The number of nitrogens with zero attached hydrogens (tertiary/aromatic N) is 5. The lowest BCUT2D eigenvalue weighted by Crippen LogP contribution is -2.46. The van der Waals surface area contributed by atoms with E-state index in [1.165, 1.54) is 31.4 Å². The zero-order valence-corrected chi connectivity index (χ0v) is 17.2. The van der Waals surface area contributed by atoms with Crippen LogP contribution >= 0.6 is 0 Å². The molecule has 29 heavy (non-hydrogen) atoms. The van der Waals surface area contributed by atoms with E-state index in [9.17, 15) is 0 Å². The molecule has 0 bridgehead atoms. The molecular weight excluding hydrogens is 364 g/mol. The monoisotopic (exact) mass is 394 g/mol. The van der Waals surface area contributed by atoms with Gasteiger partial charge in [0.2, 0.25) is 5.95 Å². The van der Waals surface area contributed by atoms with Gasteiger partial charge in [-0.25, -0.2) is 0 Å². The second-order valence-corrected chi connectivity index (χ2v) is 7.60. The van der Waals surface area contributed by atoms with Crippen molar-refractivity contribution in [2.24, 2.45) is 0 Å². The van der Waals surface area contributed by atoms with Gasteiger partial charge in [-0.2, -0.15) is 10.1 Å². The van der Waals surface area contributed by atoms with Crippen LogP contribution < -0.4 is 19.9 Å². The Kier molecular flexibility index (Phi) is 6.44. The highest BCUT2D eigenvalue weighted by Gasteiger charge is 2.19. The van der Waals surface area contributed by atoms with Crippen LogP contribution in [0.25, 0.3) is 0 Å². The first kappa shape index (κ1) is 19.5. The summed E-state index contributed by atoms with van der Waals surface area (Å²) in [5.74, 6) is 2.41. The summed E-state index contributed by atoms with van der Waals surface area (Å²) in [4.78, 5) is 9.36. The van der Waals surface area contributed by atoms with Gasteiger partial charge in [0, 0.05) is 38.4 Å². The molecule has 7 heteroatoms. The highest BCUT2D eigenvalue weighted by molar-refractivity contribution is 5.51. The van der Waals surface area contributed by atoms with Gasteiger partial charge in [0.05, 0.1) is 13.3 Å². The van der Waals surface area contributed by atoms with Gasteiger partial charge in [-0.05, 0) is 56.4 Å². The fraction of sp³-hybridized carbons (Fsp3) is 0.500. The van der Waals surface area contributed by atoms with Gasteiger partial charge in [-0.3, -0.25) is 0 Å². The fourth-order valence-corrected chi connectivity index (χ4v) is 3.98. The minimum Gasteiger partial charge on any atom is -0.497 e. The molecule has 4 rings (SSSR count). The lowest BCUT2D eigenvalue weighted by molar-refractivity contribution is 0.415. The maximum absolute atomic E-state index is 5.25. The second-order valence-electron chi connectivity index (χ2n) is 7.60. The van der Waals surface area contributed by atoms with Crippen molar-refractivity contribution in [3.63, 3.8) is 0 Å². The molecule has 1 aromatic carbocycles. The first-order valence-electron chi connectivity index (χ1n) is 10.6. The van der Waals surface area contributed by atoms with Crippen LogP contribution in [0, 0.1) is 0 Å². The summed E-state index contributed by atoms with van der Waals surface area (Å²) in [5.41, 5.74) is 2.79. The lowest BCUT2D eigenvalue weighted by Gasteiger charge is -2.36. The smallest absolute Gasteiger partial charge is 0.244 e. The minimum absolute atomic E-state index is 0.622. The Hall–Kier alpha value is -2.83. The molecule has 1 aromatic heterocycles. The SMILES string of the molecule is COc1ccc(N2CCN(c3cnnc(NCCC4=CCCCC4)n3)CC2)cc1. The molecule has 0 amide bonds. The number of aromatic nitrogens is 3. The molecule has 1 fully saturated rings. The van der Waals surface area contributed by atoms with E-state index in [4.69, 9.17) is 4.74 Å². The van der Waals surface area contributed by atoms with Crippen LogP contribution in [0.5, 0.6) is 5.75 Å². The Morgan fingerprint density at radius 2 is 1.83 bits per heavy atom. The normalized spacial score (nSPS) is 17.1. The molecule has 2 aromatic rings. The number of ether oxygens (including phenoxy) is 1. The zero-order chi connectivity index (χ0) is 19.9. The minimum atomic E-state index is 0.622. The first-order chi connectivity index (χ1) is 14.3. The van der Waals surface area contributed by atoms with Crippen molar-refractivity contribution >= 4 is 17.5 Å². The number of nitrogens with one attached hydrogen (secondary N) is 1. The van der Waals surface area contributed by atoms with Crippen molar-refractivity contribution in [3.05, 3.63) is 42.1 Å². The van der Waals surface area contributed by atoms with Gasteiger partial charge in [0.1, 0.15) is 5.75 Å². The molecule has 0 spiro atoms. The molecule has 1 saturated heterocycles. The van der Waals surface area contributed by atoms with E-state index in [0.717, 1.165) is 50.7 Å². The van der Waals surface area contributed by atoms with Gasteiger partial charge in [0.15, 0.2) is 5.82 Å². The van der Waals surface area contributed by atoms with Gasteiger partial charge in [-0.1, -0.05) is 11.6 Å². The van der Waals surface area contributed by atoms with Gasteiger partial charge < -0.3 is 19.9 Å². The molecule has 1 N–H and O–H groups in total. The largest absolute Gasteiger partial charge is 0.497 e. The fourth-order valence-electron chi connectivity index (χ4n) is 3.98. The molecule has 2 heterocycles. The molecular formula is C22H30N6O. The summed E-state index contributed by atoms with van der Waals surface area (Å²) in [7, 11) is 1.69.